The molecule has 3 rings (SSSR count). The third-order valence-corrected chi connectivity index (χ3v) is 3.57. The van der Waals surface area contributed by atoms with Gasteiger partial charge in [0.2, 0.25) is 0 Å². The zero-order valence-corrected chi connectivity index (χ0v) is 11.9. The van der Waals surface area contributed by atoms with Gasteiger partial charge in [-0.3, -0.25) is 4.79 Å². The number of carbonyl (C=O) groups excluding carboxylic acids is 1. The molecule has 108 valence electrons. The molecule has 1 aliphatic rings. The Kier molecular flexibility index (Phi) is 3.62. The molecule has 0 spiro atoms. The Morgan fingerprint density at radius 1 is 1.24 bits per heavy atom. The fourth-order valence-electron chi connectivity index (χ4n) is 2.52. The summed E-state index contributed by atoms with van der Waals surface area (Å²) in [6.07, 6.45) is 0. The van der Waals surface area contributed by atoms with Crippen LogP contribution in [0.4, 0.5) is 5.69 Å². The van der Waals surface area contributed by atoms with Gasteiger partial charge in [-0.15, -0.1) is 0 Å². The molecule has 0 aliphatic carbocycles. The summed E-state index contributed by atoms with van der Waals surface area (Å²) in [7, 11) is 0. The number of hydrogen-bond acceptors (Lipinski definition) is 4. The molecule has 1 heterocycles. The minimum atomic E-state index is -0.119. The Bertz CT molecular complexity index is 694. The normalized spacial score (nSPS) is 13.0. The van der Waals surface area contributed by atoms with Crippen LogP contribution in [0.1, 0.15) is 34.0 Å². The summed E-state index contributed by atoms with van der Waals surface area (Å²) >= 11 is 0. The van der Waals surface area contributed by atoms with Crippen LogP contribution in [0, 0.1) is 0 Å². The van der Waals surface area contributed by atoms with E-state index < -0.39 is 0 Å². The van der Waals surface area contributed by atoms with E-state index in [0.29, 0.717) is 42.4 Å². The zero-order chi connectivity index (χ0) is 14.8. The Morgan fingerprint density at radius 2 is 2.05 bits per heavy atom. The largest absolute Gasteiger partial charge is 0.493 e. The van der Waals surface area contributed by atoms with Crippen molar-refractivity contribution in [1.82, 2.24) is 0 Å². The summed E-state index contributed by atoms with van der Waals surface area (Å²) in [5, 5.41) is 0. The maximum absolute atomic E-state index is 12.8. The molecule has 2 aromatic rings. The van der Waals surface area contributed by atoms with E-state index in [1.807, 2.05) is 25.1 Å². The number of fused-ring (bicyclic) bond motifs is 1. The minimum Gasteiger partial charge on any atom is -0.493 e. The smallest absolute Gasteiger partial charge is 0.198 e. The average Bonchev–Trinajstić information content (AvgIpc) is 2.94. The maximum atomic E-state index is 12.8. The average molecular weight is 283 g/mol. The predicted octanol–water partition coefficient (Wildman–Crippen LogP) is 2.93. The summed E-state index contributed by atoms with van der Waals surface area (Å²) in [4.78, 5) is 12.8. The molecule has 2 N–H and O–H groups in total. The SMILES string of the molecule is CCOc1cccc(N)c1C(=O)c1ccc2c(c1)COC2. The van der Waals surface area contributed by atoms with Crippen molar-refractivity contribution < 1.29 is 14.3 Å². The maximum Gasteiger partial charge on any atom is 0.198 e. The molecule has 4 nitrogen and oxygen atoms in total. The van der Waals surface area contributed by atoms with Crippen molar-refractivity contribution in [1.29, 1.82) is 0 Å². The van der Waals surface area contributed by atoms with Gasteiger partial charge < -0.3 is 15.2 Å². The second-order valence-electron chi connectivity index (χ2n) is 4.96. The van der Waals surface area contributed by atoms with E-state index in [9.17, 15) is 4.79 Å². The van der Waals surface area contributed by atoms with Crippen molar-refractivity contribution in [2.24, 2.45) is 0 Å². The second-order valence-corrected chi connectivity index (χ2v) is 4.96. The van der Waals surface area contributed by atoms with Crippen molar-refractivity contribution in [3.05, 3.63) is 58.7 Å². The summed E-state index contributed by atoms with van der Waals surface area (Å²) in [5.41, 5.74) is 9.65. The standard InChI is InChI=1S/C17H17NO3/c1-2-21-15-5-3-4-14(18)16(15)17(19)11-6-7-12-9-20-10-13(12)8-11/h3-8H,2,9-10,18H2,1H3. The first-order valence-corrected chi connectivity index (χ1v) is 6.96. The third-order valence-electron chi connectivity index (χ3n) is 3.57. The van der Waals surface area contributed by atoms with Crippen molar-refractivity contribution in [2.45, 2.75) is 20.1 Å². The van der Waals surface area contributed by atoms with E-state index in [1.54, 1.807) is 18.2 Å². The summed E-state index contributed by atoms with van der Waals surface area (Å²) < 4.78 is 10.9. The molecule has 0 bridgehead atoms. The molecule has 0 saturated heterocycles. The van der Waals surface area contributed by atoms with Crippen LogP contribution in [-0.2, 0) is 18.0 Å². The fraction of sp³-hybridized carbons (Fsp3) is 0.235. The number of nitrogens with two attached hydrogens (primary N) is 1. The van der Waals surface area contributed by atoms with Crippen molar-refractivity contribution in [3.8, 4) is 5.75 Å². The van der Waals surface area contributed by atoms with Crippen molar-refractivity contribution in [3.63, 3.8) is 0 Å². The van der Waals surface area contributed by atoms with E-state index >= 15 is 0 Å². The van der Waals surface area contributed by atoms with Gasteiger partial charge in [0.25, 0.3) is 0 Å². The van der Waals surface area contributed by atoms with E-state index in [2.05, 4.69) is 0 Å². The number of carbonyl (C=O) groups is 1. The summed E-state index contributed by atoms with van der Waals surface area (Å²) in [6.45, 7) is 3.53. The first-order chi connectivity index (χ1) is 10.2. The van der Waals surface area contributed by atoms with Crippen LogP contribution in [0.25, 0.3) is 0 Å². The van der Waals surface area contributed by atoms with Crippen LogP contribution in [0.15, 0.2) is 36.4 Å². The molecule has 1 aliphatic heterocycles. The Morgan fingerprint density at radius 3 is 2.86 bits per heavy atom. The Hall–Kier alpha value is -2.33. The highest BCUT2D eigenvalue weighted by Gasteiger charge is 2.20. The first-order valence-electron chi connectivity index (χ1n) is 6.96. The van der Waals surface area contributed by atoms with Crippen molar-refractivity contribution in [2.75, 3.05) is 12.3 Å². The number of hydrogen-bond donors (Lipinski definition) is 1. The molecule has 21 heavy (non-hydrogen) atoms. The van der Waals surface area contributed by atoms with Gasteiger partial charge in [-0.1, -0.05) is 18.2 Å². The van der Waals surface area contributed by atoms with Gasteiger partial charge >= 0.3 is 0 Å². The van der Waals surface area contributed by atoms with Crippen LogP contribution >= 0.6 is 0 Å². The first kappa shape index (κ1) is 13.6. The van der Waals surface area contributed by atoms with Crippen LogP contribution in [0.3, 0.4) is 0 Å². The van der Waals surface area contributed by atoms with Crippen molar-refractivity contribution >= 4 is 11.5 Å². The van der Waals surface area contributed by atoms with Gasteiger partial charge in [-0.2, -0.15) is 0 Å². The van der Waals surface area contributed by atoms with E-state index in [1.165, 1.54) is 0 Å². The topological polar surface area (TPSA) is 61.5 Å². The highest BCUT2D eigenvalue weighted by Crippen LogP contribution is 2.29. The molecule has 0 amide bonds. The van der Waals surface area contributed by atoms with E-state index in [0.717, 1.165) is 11.1 Å². The lowest BCUT2D eigenvalue weighted by Gasteiger charge is -2.12. The molecule has 0 aromatic heterocycles. The third kappa shape index (κ3) is 2.50. The molecular weight excluding hydrogens is 266 g/mol. The number of anilines is 1. The fourth-order valence-corrected chi connectivity index (χ4v) is 2.52. The lowest BCUT2D eigenvalue weighted by molar-refractivity contribution is 0.103. The van der Waals surface area contributed by atoms with E-state index in [-0.39, 0.29) is 5.78 Å². The Labute approximate surface area is 123 Å². The molecular formula is C17H17NO3. The molecule has 0 unspecified atom stereocenters. The zero-order valence-electron chi connectivity index (χ0n) is 11.9. The lowest BCUT2D eigenvalue weighted by atomic mass is 9.97. The van der Waals surface area contributed by atoms with Crippen LogP contribution in [0.2, 0.25) is 0 Å². The Balaban J connectivity index is 2.02. The number of ether oxygens (including phenoxy) is 2. The second kappa shape index (κ2) is 5.58. The predicted molar refractivity (Wildman–Crippen MR) is 80.4 cm³/mol. The lowest BCUT2D eigenvalue weighted by Crippen LogP contribution is -2.09. The summed E-state index contributed by atoms with van der Waals surface area (Å²) in [6, 6.07) is 10.9. The van der Waals surface area contributed by atoms with Gasteiger partial charge in [-0.05, 0) is 36.2 Å². The number of ketones is 1. The number of benzene rings is 2. The molecule has 0 atom stereocenters. The molecule has 0 fully saturated rings. The van der Waals surface area contributed by atoms with E-state index in [4.69, 9.17) is 15.2 Å². The monoisotopic (exact) mass is 283 g/mol. The van der Waals surface area contributed by atoms with Gasteiger partial charge in [0, 0.05) is 11.3 Å². The van der Waals surface area contributed by atoms with Gasteiger partial charge in [0.1, 0.15) is 5.75 Å². The van der Waals surface area contributed by atoms with Gasteiger partial charge in [-0.25, -0.2) is 0 Å². The van der Waals surface area contributed by atoms with Crippen LogP contribution in [-0.4, -0.2) is 12.4 Å². The van der Waals surface area contributed by atoms with Gasteiger partial charge in [0.15, 0.2) is 5.78 Å². The molecule has 0 radical (unpaired) electrons. The van der Waals surface area contributed by atoms with Crippen LogP contribution in [0.5, 0.6) is 5.75 Å². The highest BCUT2D eigenvalue weighted by molar-refractivity contribution is 6.14. The van der Waals surface area contributed by atoms with Gasteiger partial charge in [0.05, 0.1) is 25.4 Å². The quantitative estimate of drug-likeness (QED) is 0.692. The minimum absolute atomic E-state index is 0.119. The highest BCUT2D eigenvalue weighted by atomic mass is 16.5. The summed E-state index contributed by atoms with van der Waals surface area (Å²) in [5.74, 6) is 0.408. The molecule has 4 heteroatoms. The number of nitrogen functional groups attached to an aromatic ring is 1. The molecule has 0 saturated carbocycles. The van der Waals surface area contributed by atoms with Crippen LogP contribution < -0.4 is 10.5 Å². The number of rotatable bonds is 4. The molecule has 2 aromatic carbocycles.